The predicted molar refractivity (Wildman–Crippen MR) is 81.5 cm³/mol. The number of fused-ring (bicyclic) bond motifs is 1. The third-order valence-corrected chi connectivity index (χ3v) is 4.43. The van der Waals surface area contributed by atoms with E-state index in [4.69, 9.17) is 15.2 Å². The average Bonchev–Trinajstić information content (AvgIpc) is 2.47. The fraction of sp³-hybridized carbons (Fsp3) is 0.625. The van der Waals surface area contributed by atoms with Crippen molar-refractivity contribution in [2.45, 2.75) is 32.6 Å². The van der Waals surface area contributed by atoms with Gasteiger partial charge in [-0.2, -0.15) is 0 Å². The van der Waals surface area contributed by atoms with Crippen LogP contribution in [0.5, 0.6) is 11.5 Å². The summed E-state index contributed by atoms with van der Waals surface area (Å²) in [6.45, 7) is 4.55. The van der Waals surface area contributed by atoms with Crippen molar-refractivity contribution in [2.75, 3.05) is 30.8 Å². The van der Waals surface area contributed by atoms with E-state index >= 15 is 0 Å². The Hall–Kier alpha value is -1.58. The van der Waals surface area contributed by atoms with Crippen LogP contribution in [-0.4, -0.2) is 19.8 Å². The molecule has 2 aliphatic rings. The lowest BCUT2D eigenvalue weighted by Crippen LogP contribution is -2.21. The van der Waals surface area contributed by atoms with E-state index < -0.39 is 0 Å². The fourth-order valence-electron chi connectivity index (χ4n) is 3.05. The molecule has 1 heterocycles. The molecular formula is C16H24N2O2. The smallest absolute Gasteiger partial charge is 0.163 e. The molecule has 1 aliphatic carbocycles. The first-order valence-electron chi connectivity index (χ1n) is 7.65. The van der Waals surface area contributed by atoms with Gasteiger partial charge in [0, 0.05) is 18.7 Å². The summed E-state index contributed by atoms with van der Waals surface area (Å²) in [6.07, 6.45) is 5.34. The topological polar surface area (TPSA) is 56.5 Å². The standard InChI is InChI=1S/C16H24N2O2/c1-11-2-4-12(5-3-11)10-18-14-9-16-15(8-13(14)17)19-6-7-20-16/h8-9,11-12,18H,2-7,10,17H2,1H3. The summed E-state index contributed by atoms with van der Waals surface area (Å²) >= 11 is 0. The zero-order chi connectivity index (χ0) is 13.9. The van der Waals surface area contributed by atoms with Gasteiger partial charge in [-0.3, -0.25) is 0 Å². The summed E-state index contributed by atoms with van der Waals surface area (Å²) in [5.74, 6) is 3.21. The van der Waals surface area contributed by atoms with Gasteiger partial charge in [0.2, 0.25) is 0 Å². The molecule has 0 radical (unpaired) electrons. The summed E-state index contributed by atoms with van der Waals surface area (Å²) in [4.78, 5) is 0. The number of rotatable bonds is 3. The van der Waals surface area contributed by atoms with E-state index in [9.17, 15) is 0 Å². The largest absolute Gasteiger partial charge is 0.486 e. The van der Waals surface area contributed by atoms with Crippen molar-refractivity contribution < 1.29 is 9.47 Å². The van der Waals surface area contributed by atoms with Crippen molar-refractivity contribution in [3.05, 3.63) is 12.1 Å². The van der Waals surface area contributed by atoms with Crippen molar-refractivity contribution in [2.24, 2.45) is 11.8 Å². The van der Waals surface area contributed by atoms with Crippen molar-refractivity contribution in [3.63, 3.8) is 0 Å². The van der Waals surface area contributed by atoms with Crippen molar-refractivity contribution in [3.8, 4) is 11.5 Å². The Kier molecular flexibility index (Phi) is 3.90. The molecule has 1 fully saturated rings. The van der Waals surface area contributed by atoms with Crippen molar-refractivity contribution in [1.82, 2.24) is 0 Å². The summed E-state index contributed by atoms with van der Waals surface area (Å²) < 4.78 is 11.1. The summed E-state index contributed by atoms with van der Waals surface area (Å²) in [7, 11) is 0. The van der Waals surface area contributed by atoms with Gasteiger partial charge < -0.3 is 20.5 Å². The number of nitrogens with one attached hydrogen (secondary N) is 1. The molecule has 0 atom stereocenters. The lowest BCUT2D eigenvalue weighted by molar-refractivity contribution is 0.172. The zero-order valence-corrected chi connectivity index (χ0v) is 12.2. The molecule has 3 rings (SSSR count). The Bertz CT molecular complexity index is 468. The predicted octanol–water partition coefficient (Wildman–Crippen LogP) is 3.28. The van der Waals surface area contributed by atoms with Gasteiger partial charge in [-0.05, 0) is 24.7 Å². The molecule has 4 nitrogen and oxygen atoms in total. The molecule has 4 heteroatoms. The third-order valence-electron chi connectivity index (χ3n) is 4.43. The Morgan fingerprint density at radius 3 is 2.45 bits per heavy atom. The van der Waals surface area contributed by atoms with Gasteiger partial charge in [0.15, 0.2) is 11.5 Å². The normalized spacial score (nSPS) is 25.2. The highest BCUT2D eigenvalue weighted by Crippen LogP contribution is 2.37. The van der Waals surface area contributed by atoms with E-state index in [-0.39, 0.29) is 0 Å². The number of benzene rings is 1. The molecule has 1 aromatic carbocycles. The van der Waals surface area contributed by atoms with Gasteiger partial charge in [0.05, 0.1) is 11.4 Å². The van der Waals surface area contributed by atoms with Gasteiger partial charge in [-0.15, -0.1) is 0 Å². The molecule has 20 heavy (non-hydrogen) atoms. The Balaban J connectivity index is 1.62. The van der Waals surface area contributed by atoms with Crippen LogP contribution >= 0.6 is 0 Å². The lowest BCUT2D eigenvalue weighted by Gasteiger charge is -2.27. The number of nitrogens with two attached hydrogens (primary N) is 1. The highest BCUT2D eigenvalue weighted by atomic mass is 16.6. The maximum atomic E-state index is 6.08. The number of ether oxygens (including phenoxy) is 2. The average molecular weight is 276 g/mol. The first-order chi connectivity index (χ1) is 9.72. The number of hydrogen-bond acceptors (Lipinski definition) is 4. The fourth-order valence-corrected chi connectivity index (χ4v) is 3.05. The molecule has 0 saturated heterocycles. The lowest BCUT2D eigenvalue weighted by atomic mass is 9.83. The van der Waals surface area contributed by atoms with Crippen LogP contribution in [0.2, 0.25) is 0 Å². The third kappa shape index (κ3) is 2.94. The van der Waals surface area contributed by atoms with Gasteiger partial charge >= 0.3 is 0 Å². The van der Waals surface area contributed by atoms with Gasteiger partial charge in [-0.25, -0.2) is 0 Å². The van der Waals surface area contributed by atoms with Crippen LogP contribution < -0.4 is 20.5 Å². The first kappa shape index (κ1) is 13.4. The number of anilines is 2. The molecule has 0 unspecified atom stereocenters. The molecule has 0 bridgehead atoms. The minimum atomic E-state index is 0.597. The maximum absolute atomic E-state index is 6.08. The SMILES string of the molecule is CC1CCC(CNc2cc3c(cc2N)OCCO3)CC1. The molecule has 1 aromatic rings. The second-order valence-electron chi connectivity index (χ2n) is 6.09. The molecule has 0 amide bonds. The Morgan fingerprint density at radius 1 is 1.10 bits per heavy atom. The van der Waals surface area contributed by atoms with Crippen LogP contribution in [-0.2, 0) is 0 Å². The van der Waals surface area contributed by atoms with Crippen LogP contribution in [0.3, 0.4) is 0 Å². The van der Waals surface area contributed by atoms with E-state index in [2.05, 4.69) is 12.2 Å². The van der Waals surface area contributed by atoms with Gasteiger partial charge in [0.1, 0.15) is 13.2 Å². The molecule has 110 valence electrons. The Morgan fingerprint density at radius 2 is 1.75 bits per heavy atom. The van der Waals surface area contributed by atoms with E-state index in [1.807, 2.05) is 12.1 Å². The van der Waals surface area contributed by atoms with Crippen LogP contribution in [0, 0.1) is 11.8 Å². The zero-order valence-electron chi connectivity index (χ0n) is 12.2. The quantitative estimate of drug-likeness (QED) is 0.832. The van der Waals surface area contributed by atoms with E-state index in [1.165, 1.54) is 25.7 Å². The van der Waals surface area contributed by atoms with E-state index in [0.717, 1.165) is 41.3 Å². The molecular weight excluding hydrogens is 252 g/mol. The van der Waals surface area contributed by atoms with E-state index in [0.29, 0.717) is 13.2 Å². The number of hydrogen-bond donors (Lipinski definition) is 2. The van der Waals surface area contributed by atoms with Crippen molar-refractivity contribution >= 4 is 11.4 Å². The minimum Gasteiger partial charge on any atom is -0.486 e. The minimum absolute atomic E-state index is 0.597. The van der Waals surface area contributed by atoms with Crippen LogP contribution in [0.15, 0.2) is 12.1 Å². The highest BCUT2D eigenvalue weighted by Gasteiger charge is 2.19. The van der Waals surface area contributed by atoms with E-state index in [1.54, 1.807) is 0 Å². The maximum Gasteiger partial charge on any atom is 0.163 e. The monoisotopic (exact) mass is 276 g/mol. The van der Waals surface area contributed by atoms with Crippen LogP contribution in [0.1, 0.15) is 32.6 Å². The van der Waals surface area contributed by atoms with Crippen molar-refractivity contribution in [1.29, 1.82) is 0 Å². The number of nitrogen functional groups attached to an aromatic ring is 1. The summed E-state index contributed by atoms with van der Waals surface area (Å²) in [6, 6.07) is 3.83. The Labute approximate surface area is 120 Å². The molecule has 1 saturated carbocycles. The van der Waals surface area contributed by atoms with Gasteiger partial charge in [0.25, 0.3) is 0 Å². The van der Waals surface area contributed by atoms with Crippen LogP contribution in [0.4, 0.5) is 11.4 Å². The molecule has 3 N–H and O–H groups in total. The summed E-state index contributed by atoms with van der Waals surface area (Å²) in [5.41, 5.74) is 7.78. The van der Waals surface area contributed by atoms with Gasteiger partial charge in [-0.1, -0.05) is 19.8 Å². The second kappa shape index (κ2) is 5.81. The molecule has 1 aliphatic heterocycles. The second-order valence-corrected chi connectivity index (χ2v) is 6.09. The molecule has 0 aromatic heterocycles. The van der Waals surface area contributed by atoms with Crippen LogP contribution in [0.25, 0.3) is 0 Å². The molecule has 0 spiro atoms. The first-order valence-corrected chi connectivity index (χ1v) is 7.65. The summed E-state index contributed by atoms with van der Waals surface area (Å²) in [5, 5.41) is 3.49. The highest BCUT2D eigenvalue weighted by molar-refractivity contribution is 5.72.